The Balaban J connectivity index is 3.46. The third-order valence-corrected chi connectivity index (χ3v) is 7.97. The van der Waals surface area contributed by atoms with Gasteiger partial charge in [0.05, 0.1) is 13.2 Å². The van der Waals surface area contributed by atoms with Crippen LogP contribution in [0.15, 0.2) is 36.5 Å². The van der Waals surface area contributed by atoms with Gasteiger partial charge in [0.2, 0.25) is 0 Å². The van der Waals surface area contributed by atoms with Crippen molar-refractivity contribution in [1.29, 1.82) is 0 Å². The van der Waals surface area contributed by atoms with E-state index in [2.05, 4.69) is 50.3 Å². The zero-order chi connectivity index (χ0) is 31.3. The van der Waals surface area contributed by atoms with Crippen LogP contribution in [0.2, 0.25) is 0 Å². The van der Waals surface area contributed by atoms with Gasteiger partial charge in [-0.2, -0.15) is 0 Å². The van der Waals surface area contributed by atoms with E-state index in [1.165, 1.54) is 128 Å². The molecule has 0 aromatic rings. The van der Waals surface area contributed by atoms with Crippen molar-refractivity contribution in [3.63, 3.8) is 0 Å². The van der Waals surface area contributed by atoms with E-state index in [0.29, 0.717) is 19.6 Å². The fourth-order valence-corrected chi connectivity index (χ4v) is 5.16. The summed E-state index contributed by atoms with van der Waals surface area (Å²) < 4.78 is 11.0. The van der Waals surface area contributed by atoms with Crippen molar-refractivity contribution in [3.8, 4) is 0 Å². The van der Waals surface area contributed by atoms with Crippen LogP contribution in [0.3, 0.4) is 0 Å². The average molecular weight is 605 g/mol. The Morgan fingerprint density at radius 2 is 0.977 bits per heavy atom. The second-order valence-electron chi connectivity index (χ2n) is 12.3. The topological polar surface area (TPSA) is 55.8 Å². The molecule has 0 aliphatic carbocycles. The number of unbranched alkanes of at least 4 members (excludes halogenated alkanes) is 20. The molecular formula is C39H72O4. The van der Waals surface area contributed by atoms with Gasteiger partial charge in [-0.1, -0.05) is 159 Å². The van der Waals surface area contributed by atoms with Gasteiger partial charge >= 0.3 is 5.97 Å². The lowest BCUT2D eigenvalue weighted by molar-refractivity contribution is -0.154. The maximum Gasteiger partial charge on any atom is 0.306 e. The van der Waals surface area contributed by atoms with Crippen molar-refractivity contribution < 1.29 is 19.4 Å². The second-order valence-corrected chi connectivity index (χ2v) is 12.3. The number of allylic oxidation sites excluding steroid dienone is 6. The van der Waals surface area contributed by atoms with Crippen molar-refractivity contribution in [2.45, 2.75) is 187 Å². The molecule has 0 saturated heterocycles. The normalized spacial score (nSPS) is 12.7. The van der Waals surface area contributed by atoms with Crippen LogP contribution >= 0.6 is 0 Å². The summed E-state index contributed by atoms with van der Waals surface area (Å²) in [6, 6.07) is 0. The van der Waals surface area contributed by atoms with Crippen molar-refractivity contribution in [1.82, 2.24) is 0 Å². The smallest absolute Gasteiger partial charge is 0.306 e. The Bertz CT molecular complexity index is 639. The third kappa shape index (κ3) is 35.0. The van der Waals surface area contributed by atoms with Crippen molar-refractivity contribution in [2.75, 3.05) is 19.8 Å². The monoisotopic (exact) mass is 605 g/mol. The molecule has 0 saturated carbocycles. The predicted molar refractivity (Wildman–Crippen MR) is 187 cm³/mol. The molecule has 4 heteroatoms. The van der Waals surface area contributed by atoms with Crippen LogP contribution in [-0.2, 0) is 14.3 Å². The molecular weight excluding hydrogens is 532 g/mol. The van der Waals surface area contributed by atoms with Gasteiger partial charge in [0, 0.05) is 13.0 Å². The molecule has 0 bridgehead atoms. The van der Waals surface area contributed by atoms with Crippen LogP contribution in [0.4, 0.5) is 0 Å². The van der Waals surface area contributed by atoms with E-state index in [1.54, 1.807) is 0 Å². The van der Waals surface area contributed by atoms with E-state index in [0.717, 1.165) is 32.1 Å². The maximum absolute atomic E-state index is 12.1. The molecule has 0 aliphatic rings. The average Bonchev–Trinajstić information content (AvgIpc) is 3.01. The van der Waals surface area contributed by atoms with E-state index in [4.69, 9.17) is 9.47 Å². The highest BCUT2D eigenvalue weighted by Crippen LogP contribution is 2.12. The minimum Gasteiger partial charge on any atom is -0.457 e. The zero-order valence-corrected chi connectivity index (χ0v) is 28.7. The second kappa shape index (κ2) is 36.8. The Kier molecular flexibility index (Phi) is 35.6. The summed E-state index contributed by atoms with van der Waals surface area (Å²) in [5.41, 5.74) is 0. The largest absolute Gasteiger partial charge is 0.457 e. The molecule has 0 aromatic carbocycles. The number of aliphatic hydroxyl groups excluding tert-OH is 1. The molecule has 1 N–H and O–H groups in total. The lowest BCUT2D eigenvalue weighted by Crippen LogP contribution is -2.27. The number of hydrogen-bond donors (Lipinski definition) is 1. The number of ether oxygens (including phenoxy) is 2. The summed E-state index contributed by atoms with van der Waals surface area (Å²) in [4.78, 5) is 12.1. The first-order valence-electron chi connectivity index (χ1n) is 18.6. The van der Waals surface area contributed by atoms with Crippen molar-refractivity contribution in [2.24, 2.45) is 0 Å². The Morgan fingerprint density at radius 1 is 0.558 bits per heavy atom. The molecule has 0 amide bonds. The molecule has 1 atom stereocenters. The van der Waals surface area contributed by atoms with E-state index >= 15 is 0 Å². The predicted octanol–water partition coefficient (Wildman–Crippen LogP) is 11.8. The van der Waals surface area contributed by atoms with Crippen LogP contribution < -0.4 is 0 Å². The summed E-state index contributed by atoms with van der Waals surface area (Å²) in [7, 11) is 0. The van der Waals surface area contributed by atoms with E-state index in [9.17, 15) is 9.90 Å². The van der Waals surface area contributed by atoms with E-state index in [-0.39, 0.29) is 12.6 Å². The summed E-state index contributed by atoms with van der Waals surface area (Å²) >= 11 is 0. The molecule has 1 unspecified atom stereocenters. The molecule has 43 heavy (non-hydrogen) atoms. The van der Waals surface area contributed by atoms with Crippen LogP contribution in [-0.4, -0.2) is 37.0 Å². The summed E-state index contributed by atoms with van der Waals surface area (Å²) in [5, 5.41) is 9.51. The van der Waals surface area contributed by atoms with Crippen LogP contribution in [0.5, 0.6) is 0 Å². The third-order valence-electron chi connectivity index (χ3n) is 7.97. The Labute approximate surface area is 268 Å². The number of carbonyl (C=O) groups excluding carboxylic acids is 1. The zero-order valence-electron chi connectivity index (χ0n) is 28.7. The first kappa shape index (κ1) is 41.6. The van der Waals surface area contributed by atoms with Gasteiger partial charge in [-0.05, 0) is 51.4 Å². The first-order chi connectivity index (χ1) is 21.2. The molecule has 0 fully saturated rings. The van der Waals surface area contributed by atoms with Crippen molar-refractivity contribution >= 4 is 5.97 Å². The molecule has 0 spiro atoms. The van der Waals surface area contributed by atoms with Gasteiger partial charge in [0.1, 0.15) is 6.10 Å². The quantitative estimate of drug-likeness (QED) is 0.0451. The molecule has 0 radical (unpaired) electrons. The lowest BCUT2D eigenvalue weighted by Gasteiger charge is -2.16. The SMILES string of the molecule is CCCCCCC/C=C\C/C=C\C/C=C\CCCCCCCCCCC(=O)OC(CO)COCCCCCCCCCC. The van der Waals surface area contributed by atoms with Gasteiger partial charge in [0.25, 0.3) is 0 Å². The van der Waals surface area contributed by atoms with Crippen LogP contribution in [0.1, 0.15) is 181 Å². The summed E-state index contributed by atoms with van der Waals surface area (Å²) in [6.07, 6.45) is 44.7. The highest BCUT2D eigenvalue weighted by molar-refractivity contribution is 5.69. The van der Waals surface area contributed by atoms with E-state index < -0.39 is 6.10 Å². The Hall–Kier alpha value is -1.39. The van der Waals surface area contributed by atoms with Gasteiger partial charge in [0.15, 0.2) is 0 Å². The molecule has 252 valence electrons. The summed E-state index contributed by atoms with van der Waals surface area (Å²) in [5.74, 6) is -0.210. The highest BCUT2D eigenvalue weighted by atomic mass is 16.6. The highest BCUT2D eigenvalue weighted by Gasteiger charge is 2.13. The molecule has 0 heterocycles. The molecule has 0 rings (SSSR count). The van der Waals surface area contributed by atoms with E-state index in [1.807, 2.05) is 0 Å². The maximum atomic E-state index is 12.1. The fraction of sp³-hybridized carbons (Fsp3) is 0.821. The number of hydrogen-bond acceptors (Lipinski definition) is 4. The molecule has 0 aromatic heterocycles. The summed E-state index contributed by atoms with van der Waals surface area (Å²) in [6.45, 7) is 5.31. The minimum atomic E-state index is -0.533. The van der Waals surface area contributed by atoms with Crippen LogP contribution in [0, 0.1) is 0 Å². The van der Waals surface area contributed by atoms with Gasteiger partial charge in [-0.3, -0.25) is 4.79 Å². The fourth-order valence-electron chi connectivity index (χ4n) is 5.16. The lowest BCUT2D eigenvalue weighted by atomic mass is 10.1. The standard InChI is InChI=1S/C39H72O4/c1-3-5-7-9-11-13-14-15-16-17-18-19-20-21-22-23-24-25-26-27-28-30-32-34-39(41)43-38(36-40)37-42-35-33-31-29-12-10-8-6-4-2/h14-15,17-18,20-21,38,40H,3-13,16,19,22-37H2,1-2H3/b15-14-,18-17-,21-20-. The van der Waals surface area contributed by atoms with Gasteiger partial charge in [-0.15, -0.1) is 0 Å². The minimum absolute atomic E-state index is 0.173. The van der Waals surface area contributed by atoms with Gasteiger partial charge in [-0.25, -0.2) is 0 Å². The van der Waals surface area contributed by atoms with Crippen molar-refractivity contribution in [3.05, 3.63) is 36.5 Å². The first-order valence-corrected chi connectivity index (χ1v) is 18.6. The number of aliphatic hydroxyl groups is 1. The number of rotatable bonds is 34. The number of carbonyl (C=O) groups is 1. The number of esters is 1. The molecule has 0 aliphatic heterocycles. The van der Waals surface area contributed by atoms with Gasteiger partial charge < -0.3 is 14.6 Å². The Morgan fingerprint density at radius 3 is 1.47 bits per heavy atom. The van der Waals surface area contributed by atoms with Crippen LogP contribution in [0.25, 0.3) is 0 Å². The molecule has 4 nitrogen and oxygen atoms in total.